The summed E-state index contributed by atoms with van der Waals surface area (Å²) in [4.78, 5) is 0. The van der Waals surface area contributed by atoms with Crippen LogP contribution in [0.25, 0.3) is 0 Å². The molecule has 0 nitrogen and oxygen atoms in total. The molecule has 0 aliphatic heterocycles. The Hall–Kier alpha value is -2.10. The van der Waals surface area contributed by atoms with Crippen molar-refractivity contribution < 1.29 is 132 Å². The Labute approximate surface area is 233 Å². The highest BCUT2D eigenvalue weighted by Gasteiger charge is 3.19. The summed E-state index contributed by atoms with van der Waals surface area (Å²) in [6, 6.07) is 0. The lowest BCUT2D eigenvalue weighted by atomic mass is 9.49. The second-order valence-electron chi connectivity index (χ2n) is 10.1. The van der Waals surface area contributed by atoms with Gasteiger partial charge in [-0.1, -0.05) is 0 Å². The van der Waals surface area contributed by atoms with Gasteiger partial charge in [0.25, 0.3) is 11.3 Å². The Morgan fingerprint density at radius 1 is 0.191 bits per heavy atom. The number of rotatable bonds is 2. The van der Waals surface area contributed by atoms with Crippen LogP contribution < -0.4 is 0 Å². The fourth-order valence-electron chi connectivity index (χ4n) is 5.20. The maximum absolute atomic E-state index is 15.3. The van der Waals surface area contributed by atoms with Gasteiger partial charge in [-0.2, -0.15) is 114 Å². The minimum Gasteiger partial charge on any atom is -0.226 e. The van der Waals surface area contributed by atoms with E-state index in [9.17, 15) is 123 Å². The van der Waals surface area contributed by atoms with Gasteiger partial charge in [0.05, 0.1) is 0 Å². The third-order valence-corrected chi connectivity index (χ3v) is 7.96. The first-order chi connectivity index (χ1) is 19.8. The average Bonchev–Trinajstić information content (AvgIpc) is 2.87. The topological polar surface area (TPSA) is 0 Å². The number of alkyl halides is 30. The molecule has 0 aromatic heterocycles. The summed E-state index contributed by atoms with van der Waals surface area (Å²) in [5.74, 6) is -125. The molecule has 278 valence electrons. The Morgan fingerprint density at radius 2 is 0.340 bits per heavy atom. The molecule has 0 unspecified atom stereocenters. The Morgan fingerprint density at radius 3 is 0.617 bits per heavy atom. The summed E-state index contributed by atoms with van der Waals surface area (Å²) in [6.07, 6.45) is 0. The molecular formula is C17F30. The number of halogens is 30. The van der Waals surface area contributed by atoms with E-state index < -0.39 is 99.7 Å². The van der Waals surface area contributed by atoms with Crippen LogP contribution in [-0.4, -0.2) is 99.7 Å². The molecule has 0 bridgehead atoms. The normalized spacial score (nSPS) is 41.7. The minimum atomic E-state index is -10.6. The highest BCUT2D eigenvalue weighted by atomic mass is 19.4. The van der Waals surface area contributed by atoms with E-state index in [1.807, 2.05) is 0 Å². The van der Waals surface area contributed by atoms with Gasteiger partial charge in [0.1, 0.15) is 0 Å². The van der Waals surface area contributed by atoms with E-state index in [2.05, 4.69) is 0 Å². The van der Waals surface area contributed by atoms with Crippen molar-refractivity contribution in [2.75, 3.05) is 0 Å². The highest BCUT2D eigenvalue weighted by molar-refractivity contribution is 5.47. The van der Waals surface area contributed by atoms with Crippen molar-refractivity contribution in [3.63, 3.8) is 0 Å². The van der Waals surface area contributed by atoms with Crippen LogP contribution in [0.15, 0.2) is 0 Å². The molecule has 3 aliphatic carbocycles. The smallest absolute Gasteiger partial charge is 0.226 e. The molecule has 3 aliphatic rings. The van der Waals surface area contributed by atoms with Crippen LogP contribution in [0, 0.1) is 0 Å². The maximum Gasteiger partial charge on any atom is 0.384 e. The molecule has 0 radical (unpaired) electrons. The molecule has 0 amide bonds. The summed E-state index contributed by atoms with van der Waals surface area (Å²) < 4.78 is 426. The van der Waals surface area contributed by atoms with Gasteiger partial charge in [-0.05, 0) is 0 Å². The van der Waals surface area contributed by atoms with E-state index in [1.165, 1.54) is 0 Å². The van der Waals surface area contributed by atoms with Crippen molar-refractivity contribution in [2.45, 2.75) is 99.7 Å². The van der Waals surface area contributed by atoms with Gasteiger partial charge in [-0.25, -0.2) is 17.6 Å². The summed E-state index contributed by atoms with van der Waals surface area (Å²) in [7, 11) is 0. The predicted molar refractivity (Wildman–Crippen MR) is 79.7 cm³/mol. The van der Waals surface area contributed by atoms with Crippen LogP contribution in [0.5, 0.6) is 0 Å². The highest BCUT2D eigenvalue weighted by Crippen LogP contribution is 2.84. The Bertz CT molecular complexity index is 1320. The zero-order valence-electron chi connectivity index (χ0n) is 19.8. The molecule has 3 rings (SSSR count). The van der Waals surface area contributed by atoms with Gasteiger partial charge in [0, 0.05) is 0 Å². The summed E-state index contributed by atoms with van der Waals surface area (Å²) in [5, 5.41) is 0. The van der Waals surface area contributed by atoms with E-state index in [4.69, 9.17) is 0 Å². The molecule has 30 heteroatoms. The molecule has 0 aromatic carbocycles. The number of hydrogen-bond donors (Lipinski definition) is 0. The van der Waals surface area contributed by atoms with Gasteiger partial charge >= 0.3 is 88.3 Å². The summed E-state index contributed by atoms with van der Waals surface area (Å²) in [6.45, 7) is 0. The third kappa shape index (κ3) is 2.70. The largest absolute Gasteiger partial charge is 0.384 e. The average molecular weight is 774 g/mol. The summed E-state index contributed by atoms with van der Waals surface area (Å²) in [5.41, 5.74) is -40.7. The van der Waals surface area contributed by atoms with E-state index in [0.29, 0.717) is 0 Å². The molecular weight excluding hydrogens is 774 g/mol. The van der Waals surface area contributed by atoms with Gasteiger partial charge < -0.3 is 0 Å². The lowest BCUT2D eigenvalue weighted by Gasteiger charge is -2.66. The van der Waals surface area contributed by atoms with Gasteiger partial charge in [0.15, 0.2) is 0 Å². The zero-order chi connectivity index (χ0) is 38.5. The van der Waals surface area contributed by atoms with Gasteiger partial charge in [-0.15, -0.1) is 0 Å². The lowest BCUT2D eigenvalue weighted by molar-refractivity contribution is -0.573. The van der Waals surface area contributed by atoms with Crippen LogP contribution in [0.3, 0.4) is 0 Å². The van der Waals surface area contributed by atoms with Crippen molar-refractivity contribution in [1.82, 2.24) is 0 Å². The zero-order valence-corrected chi connectivity index (χ0v) is 19.8. The Kier molecular flexibility index (Phi) is 6.78. The quantitative estimate of drug-likeness (QED) is 0.246. The van der Waals surface area contributed by atoms with E-state index in [-0.39, 0.29) is 0 Å². The number of hydrogen-bond acceptors (Lipinski definition) is 0. The number of fused-ring (bicyclic) bond motifs is 1. The standard InChI is InChI=1S/C17F30/c18-1-2(19,9(30,31)14(40,41)13(38,39)8(1,28)29)7(26,27)10(32,33)3(20,5(1,22)23)6(24,25)4(21)11(34,35)15(42,43)17(46,47)16(44,45)12(4,36)37/t1-,2-,3+/m1/s1. The van der Waals surface area contributed by atoms with E-state index in [1.54, 1.807) is 0 Å². The van der Waals surface area contributed by atoms with Crippen molar-refractivity contribution in [3.8, 4) is 0 Å². The molecule has 0 aromatic rings. The van der Waals surface area contributed by atoms with Crippen LogP contribution in [0.1, 0.15) is 0 Å². The molecule has 0 spiro atoms. The van der Waals surface area contributed by atoms with Gasteiger partial charge in [0.2, 0.25) is 0 Å². The third-order valence-electron chi connectivity index (χ3n) is 7.96. The molecule has 3 fully saturated rings. The summed E-state index contributed by atoms with van der Waals surface area (Å²) >= 11 is 0. The van der Waals surface area contributed by atoms with Crippen molar-refractivity contribution >= 4 is 0 Å². The second-order valence-corrected chi connectivity index (χ2v) is 10.1. The SMILES string of the molecule is FC1(F)C(F)(F)C(F)(F)C(F)(C(F)(F)[C@]2(F)C(F)(F)C(F)(F)[C@@]3(F)C(F)(F)C(F)(F)C(F)(F)C(F)(F)[C@]3(F)C2(F)F)C(F)(F)C1(F)F. The van der Waals surface area contributed by atoms with E-state index >= 15 is 8.78 Å². The molecule has 3 atom stereocenters. The maximum atomic E-state index is 15.3. The first-order valence-electron chi connectivity index (χ1n) is 10.4. The molecule has 3 saturated carbocycles. The molecule has 0 saturated heterocycles. The van der Waals surface area contributed by atoms with Crippen LogP contribution in [0.4, 0.5) is 132 Å². The van der Waals surface area contributed by atoms with Gasteiger partial charge in [-0.3, -0.25) is 0 Å². The lowest BCUT2D eigenvalue weighted by Crippen LogP contribution is -3.02. The first-order valence-corrected chi connectivity index (χ1v) is 10.4. The van der Waals surface area contributed by atoms with Crippen molar-refractivity contribution in [3.05, 3.63) is 0 Å². The van der Waals surface area contributed by atoms with Crippen LogP contribution in [0.2, 0.25) is 0 Å². The minimum absolute atomic E-state index is 8.79. The first kappa shape index (κ1) is 39.3. The van der Waals surface area contributed by atoms with E-state index in [0.717, 1.165) is 0 Å². The fraction of sp³-hybridized carbons (Fsp3) is 1.00. The fourth-order valence-corrected chi connectivity index (χ4v) is 5.20. The molecule has 0 N–H and O–H groups in total. The second kappa shape index (κ2) is 8.10. The predicted octanol–water partition coefficient (Wildman–Crippen LogP) is 9.12. The molecule has 47 heavy (non-hydrogen) atoms. The van der Waals surface area contributed by atoms with Crippen LogP contribution in [-0.2, 0) is 0 Å². The monoisotopic (exact) mass is 774 g/mol. The van der Waals surface area contributed by atoms with Crippen LogP contribution >= 0.6 is 0 Å². The molecule has 0 heterocycles. The van der Waals surface area contributed by atoms with Crippen molar-refractivity contribution in [1.29, 1.82) is 0 Å². The van der Waals surface area contributed by atoms with Crippen molar-refractivity contribution in [2.24, 2.45) is 0 Å². The Balaban J connectivity index is 2.74.